The van der Waals surface area contributed by atoms with Gasteiger partial charge in [-0.3, -0.25) is 0 Å². The predicted molar refractivity (Wildman–Crippen MR) is 50.1 cm³/mol. The Morgan fingerprint density at radius 3 is 2.67 bits per heavy atom. The Bertz CT molecular complexity index is 290. The lowest BCUT2D eigenvalue weighted by Gasteiger charge is -2.05. The fourth-order valence-corrected chi connectivity index (χ4v) is 1.15. The molecule has 0 aliphatic carbocycles. The van der Waals surface area contributed by atoms with Crippen LogP contribution in [0.1, 0.15) is 12.7 Å². The van der Waals surface area contributed by atoms with E-state index in [4.69, 9.17) is 10.5 Å². The number of ether oxygens (including phenoxy) is 1. The first kappa shape index (κ1) is 9.25. The van der Waals surface area contributed by atoms with Gasteiger partial charge in [-0.15, -0.1) is 0 Å². The second kappa shape index (κ2) is 3.71. The van der Waals surface area contributed by atoms with E-state index in [0.29, 0.717) is 22.0 Å². The average molecular weight is 232 g/mol. The zero-order valence-corrected chi connectivity index (χ0v) is 8.55. The molecule has 2 N–H and O–H groups in total. The van der Waals surface area contributed by atoms with Gasteiger partial charge in [-0.1, -0.05) is 6.92 Å². The van der Waals surface area contributed by atoms with E-state index >= 15 is 0 Å². The monoisotopic (exact) mass is 231 g/mol. The molecule has 5 heteroatoms. The van der Waals surface area contributed by atoms with Crippen LogP contribution in [0.5, 0.6) is 5.88 Å². The van der Waals surface area contributed by atoms with Gasteiger partial charge in [-0.05, 0) is 15.9 Å². The van der Waals surface area contributed by atoms with Crippen molar-refractivity contribution in [2.45, 2.75) is 13.3 Å². The van der Waals surface area contributed by atoms with Gasteiger partial charge >= 0.3 is 0 Å². The standard InChI is InChI=1S/C7H10BrN3O/c1-3-4-10-6(8)5(9)7(11-4)12-2/h3,9H2,1-2H3. The first-order valence-corrected chi connectivity index (χ1v) is 4.34. The molecule has 0 aliphatic heterocycles. The Morgan fingerprint density at radius 2 is 2.17 bits per heavy atom. The van der Waals surface area contributed by atoms with E-state index < -0.39 is 0 Å². The zero-order chi connectivity index (χ0) is 9.14. The fourth-order valence-electron chi connectivity index (χ4n) is 0.778. The molecule has 0 spiro atoms. The molecule has 1 aromatic rings. The number of aromatic nitrogens is 2. The number of nitrogen functional groups attached to an aromatic ring is 1. The van der Waals surface area contributed by atoms with Gasteiger partial charge in [-0.25, -0.2) is 4.98 Å². The van der Waals surface area contributed by atoms with Crippen molar-refractivity contribution in [3.8, 4) is 5.88 Å². The summed E-state index contributed by atoms with van der Waals surface area (Å²) in [6.07, 6.45) is 0.759. The summed E-state index contributed by atoms with van der Waals surface area (Å²) in [5.41, 5.74) is 6.06. The SMILES string of the molecule is CCc1nc(Br)c(N)c(OC)n1. The molecule has 0 radical (unpaired) electrons. The summed E-state index contributed by atoms with van der Waals surface area (Å²) >= 11 is 3.22. The number of hydrogen-bond donors (Lipinski definition) is 1. The molecule has 0 unspecified atom stereocenters. The minimum atomic E-state index is 0.425. The highest BCUT2D eigenvalue weighted by Crippen LogP contribution is 2.25. The van der Waals surface area contributed by atoms with Gasteiger partial charge in [0.05, 0.1) is 7.11 Å². The molecule has 0 saturated heterocycles. The first-order chi connectivity index (χ1) is 5.69. The van der Waals surface area contributed by atoms with E-state index in [-0.39, 0.29) is 0 Å². The fraction of sp³-hybridized carbons (Fsp3) is 0.429. The molecule has 0 aliphatic rings. The molecule has 0 atom stereocenters. The lowest BCUT2D eigenvalue weighted by atomic mass is 10.4. The Morgan fingerprint density at radius 1 is 1.50 bits per heavy atom. The van der Waals surface area contributed by atoms with Crippen molar-refractivity contribution < 1.29 is 4.74 Å². The van der Waals surface area contributed by atoms with Gasteiger partial charge < -0.3 is 10.5 Å². The van der Waals surface area contributed by atoms with Gasteiger partial charge in [0.15, 0.2) is 0 Å². The van der Waals surface area contributed by atoms with Crippen LogP contribution in [0.25, 0.3) is 0 Å². The lowest BCUT2D eigenvalue weighted by molar-refractivity contribution is 0.397. The highest BCUT2D eigenvalue weighted by molar-refractivity contribution is 9.10. The number of nitrogens with zero attached hydrogens (tertiary/aromatic N) is 2. The van der Waals surface area contributed by atoms with Crippen LogP contribution in [0.4, 0.5) is 5.69 Å². The van der Waals surface area contributed by atoms with E-state index in [2.05, 4.69) is 25.9 Å². The maximum absolute atomic E-state index is 5.62. The molecular weight excluding hydrogens is 222 g/mol. The van der Waals surface area contributed by atoms with Crippen molar-refractivity contribution in [2.75, 3.05) is 12.8 Å². The van der Waals surface area contributed by atoms with Crippen LogP contribution in [0.2, 0.25) is 0 Å². The highest BCUT2D eigenvalue weighted by atomic mass is 79.9. The molecule has 12 heavy (non-hydrogen) atoms. The molecule has 0 bridgehead atoms. The maximum Gasteiger partial charge on any atom is 0.241 e. The smallest absolute Gasteiger partial charge is 0.241 e. The summed E-state index contributed by atoms with van der Waals surface area (Å²) < 4.78 is 5.55. The van der Waals surface area contributed by atoms with Gasteiger partial charge in [0, 0.05) is 6.42 Å². The van der Waals surface area contributed by atoms with Crippen LogP contribution in [-0.2, 0) is 6.42 Å². The number of anilines is 1. The van der Waals surface area contributed by atoms with Crippen molar-refractivity contribution in [3.63, 3.8) is 0 Å². The maximum atomic E-state index is 5.62. The zero-order valence-electron chi connectivity index (χ0n) is 6.97. The van der Waals surface area contributed by atoms with E-state index in [1.807, 2.05) is 6.92 Å². The second-order valence-corrected chi connectivity index (χ2v) is 2.96. The molecule has 0 saturated carbocycles. The summed E-state index contributed by atoms with van der Waals surface area (Å²) in [7, 11) is 1.53. The molecule has 1 aromatic heterocycles. The van der Waals surface area contributed by atoms with Crippen LogP contribution < -0.4 is 10.5 Å². The largest absolute Gasteiger partial charge is 0.479 e. The Kier molecular flexibility index (Phi) is 2.86. The molecular formula is C7H10BrN3O. The molecule has 1 heterocycles. The molecule has 4 nitrogen and oxygen atoms in total. The summed E-state index contributed by atoms with van der Waals surface area (Å²) in [6.45, 7) is 1.97. The minimum Gasteiger partial charge on any atom is -0.479 e. The molecule has 0 fully saturated rings. The molecule has 1 rings (SSSR count). The third-order valence-corrected chi connectivity index (χ3v) is 2.02. The normalized spacial score (nSPS) is 9.92. The van der Waals surface area contributed by atoms with Gasteiger partial charge in [0.1, 0.15) is 16.1 Å². The van der Waals surface area contributed by atoms with Crippen LogP contribution in [0.15, 0.2) is 4.60 Å². The molecule has 0 amide bonds. The van der Waals surface area contributed by atoms with Gasteiger partial charge in [-0.2, -0.15) is 4.98 Å². The third-order valence-electron chi connectivity index (χ3n) is 1.42. The average Bonchev–Trinajstić information content (AvgIpc) is 2.09. The summed E-state index contributed by atoms with van der Waals surface area (Å²) in [5, 5.41) is 0. The predicted octanol–water partition coefficient (Wildman–Crippen LogP) is 1.39. The molecule has 0 aromatic carbocycles. The Balaban J connectivity index is 3.19. The van der Waals surface area contributed by atoms with Crippen molar-refractivity contribution >= 4 is 21.6 Å². The Labute approximate surface area is 79.3 Å². The van der Waals surface area contributed by atoms with Gasteiger partial charge in [0.25, 0.3) is 0 Å². The number of aryl methyl sites for hydroxylation is 1. The van der Waals surface area contributed by atoms with Gasteiger partial charge in [0.2, 0.25) is 5.88 Å². The van der Waals surface area contributed by atoms with Crippen molar-refractivity contribution in [3.05, 3.63) is 10.4 Å². The van der Waals surface area contributed by atoms with Crippen molar-refractivity contribution in [1.82, 2.24) is 9.97 Å². The minimum absolute atomic E-state index is 0.425. The number of halogens is 1. The van der Waals surface area contributed by atoms with E-state index in [1.54, 1.807) is 0 Å². The topological polar surface area (TPSA) is 61.0 Å². The van der Waals surface area contributed by atoms with E-state index in [0.717, 1.165) is 6.42 Å². The number of hydrogen-bond acceptors (Lipinski definition) is 4. The van der Waals surface area contributed by atoms with Crippen molar-refractivity contribution in [2.24, 2.45) is 0 Å². The van der Waals surface area contributed by atoms with E-state index in [9.17, 15) is 0 Å². The first-order valence-electron chi connectivity index (χ1n) is 3.55. The van der Waals surface area contributed by atoms with Crippen LogP contribution in [-0.4, -0.2) is 17.1 Å². The van der Waals surface area contributed by atoms with Crippen LogP contribution >= 0.6 is 15.9 Å². The highest BCUT2D eigenvalue weighted by Gasteiger charge is 2.08. The number of rotatable bonds is 2. The quantitative estimate of drug-likeness (QED) is 0.782. The summed E-state index contributed by atoms with van der Waals surface area (Å²) in [4.78, 5) is 8.18. The van der Waals surface area contributed by atoms with E-state index in [1.165, 1.54) is 7.11 Å². The number of nitrogens with two attached hydrogens (primary N) is 1. The number of methoxy groups -OCH3 is 1. The molecule has 66 valence electrons. The Hall–Kier alpha value is -0.840. The lowest BCUT2D eigenvalue weighted by Crippen LogP contribution is -2.02. The van der Waals surface area contributed by atoms with Crippen LogP contribution in [0, 0.1) is 0 Å². The second-order valence-electron chi connectivity index (χ2n) is 2.21. The third kappa shape index (κ3) is 1.66. The van der Waals surface area contributed by atoms with Crippen LogP contribution in [0.3, 0.4) is 0 Å². The van der Waals surface area contributed by atoms with Crippen molar-refractivity contribution in [1.29, 1.82) is 0 Å². The summed E-state index contributed by atoms with van der Waals surface area (Å²) in [6, 6.07) is 0. The summed E-state index contributed by atoms with van der Waals surface area (Å²) in [5.74, 6) is 1.14.